The van der Waals surface area contributed by atoms with Crippen molar-refractivity contribution in [1.82, 2.24) is 0 Å². The summed E-state index contributed by atoms with van der Waals surface area (Å²) in [5, 5.41) is 15.9. The third-order valence-corrected chi connectivity index (χ3v) is 3.77. The molecule has 112 valence electrons. The number of benzene rings is 1. The Balaban J connectivity index is 2.81. The van der Waals surface area contributed by atoms with Crippen LogP contribution in [0.2, 0.25) is 0 Å². The third kappa shape index (κ3) is 5.14. The second-order valence-electron chi connectivity index (χ2n) is 4.64. The zero-order chi connectivity index (χ0) is 15.3. The predicted molar refractivity (Wildman–Crippen MR) is 75.1 cm³/mol. The van der Waals surface area contributed by atoms with E-state index in [1.807, 2.05) is 6.92 Å². The number of aryl methyl sites for hydroxylation is 1. The smallest absolute Gasteiger partial charge is 0.311 e. The molecular formula is C12H18N2O5S. The van der Waals surface area contributed by atoms with Crippen LogP contribution in [0.4, 0.5) is 5.69 Å². The summed E-state index contributed by atoms with van der Waals surface area (Å²) in [5.41, 5.74) is 0.621. The van der Waals surface area contributed by atoms with Gasteiger partial charge in [0.15, 0.2) is 5.75 Å². The number of ether oxygens (including phenoxy) is 1. The fourth-order valence-electron chi connectivity index (χ4n) is 1.71. The van der Waals surface area contributed by atoms with Crippen LogP contribution in [0.25, 0.3) is 0 Å². The Morgan fingerprint density at radius 3 is 2.60 bits per heavy atom. The molecule has 0 aliphatic heterocycles. The van der Waals surface area contributed by atoms with Gasteiger partial charge in [0.25, 0.3) is 0 Å². The molecule has 1 unspecified atom stereocenters. The van der Waals surface area contributed by atoms with Gasteiger partial charge in [-0.05, 0) is 25.0 Å². The molecule has 0 saturated carbocycles. The van der Waals surface area contributed by atoms with Gasteiger partial charge in [0.2, 0.25) is 10.0 Å². The molecule has 0 aliphatic carbocycles. The summed E-state index contributed by atoms with van der Waals surface area (Å²) in [6.07, 6.45) is 0.552. The van der Waals surface area contributed by atoms with Gasteiger partial charge < -0.3 is 4.74 Å². The zero-order valence-corrected chi connectivity index (χ0v) is 12.2. The maximum Gasteiger partial charge on any atom is 0.311 e. The van der Waals surface area contributed by atoms with Crippen LogP contribution in [0.15, 0.2) is 18.2 Å². The first kappa shape index (κ1) is 16.4. The van der Waals surface area contributed by atoms with E-state index in [-0.39, 0.29) is 29.7 Å². The number of sulfonamides is 1. The van der Waals surface area contributed by atoms with E-state index in [2.05, 4.69) is 0 Å². The van der Waals surface area contributed by atoms with Gasteiger partial charge in [-0.3, -0.25) is 10.1 Å². The number of primary sulfonamides is 1. The first-order valence-electron chi connectivity index (χ1n) is 6.11. The van der Waals surface area contributed by atoms with Crippen LogP contribution >= 0.6 is 0 Å². The minimum Gasteiger partial charge on any atom is -0.486 e. The van der Waals surface area contributed by atoms with E-state index in [1.165, 1.54) is 12.1 Å². The van der Waals surface area contributed by atoms with Crippen LogP contribution < -0.4 is 9.88 Å². The van der Waals surface area contributed by atoms with E-state index >= 15 is 0 Å². The fraction of sp³-hybridized carbons (Fsp3) is 0.500. The van der Waals surface area contributed by atoms with E-state index in [1.54, 1.807) is 13.0 Å². The van der Waals surface area contributed by atoms with E-state index in [0.717, 1.165) is 5.56 Å². The molecule has 8 heteroatoms. The highest BCUT2D eigenvalue weighted by Crippen LogP contribution is 2.28. The van der Waals surface area contributed by atoms with Crippen molar-refractivity contribution in [2.24, 2.45) is 11.1 Å². The minimum atomic E-state index is -3.59. The largest absolute Gasteiger partial charge is 0.486 e. The van der Waals surface area contributed by atoms with Crippen LogP contribution in [0.5, 0.6) is 5.75 Å². The molecule has 0 radical (unpaired) electrons. The lowest BCUT2D eigenvalue weighted by Crippen LogP contribution is -2.26. The van der Waals surface area contributed by atoms with Crippen molar-refractivity contribution in [3.05, 3.63) is 33.9 Å². The standard InChI is InChI=1S/C12H18N2O5S/c1-3-10(8-20(13,17)18)7-19-12-5-4-9(2)6-11(12)14(15)16/h4-6,10H,3,7-8H2,1-2H3,(H2,13,17,18). The van der Waals surface area contributed by atoms with Crippen LogP contribution in [0.1, 0.15) is 18.9 Å². The molecule has 0 heterocycles. The second-order valence-corrected chi connectivity index (χ2v) is 6.30. The van der Waals surface area contributed by atoms with Crippen LogP contribution in [-0.4, -0.2) is 25.7 Å². The number of nitrogens with two attached hydrogens (primary N) is 1. The molecule has 1 atom stereocenters. The van der Waals surface area contributed by atoms with E-state index in [0.29, 0.717) is 6.42 Å². The maximum atomic E-state index is 11.0. The summed E-state index contributed by atoms with van der Waals surface area (Å²) in [6.45, 7) is 3.62. The van der Waals surface area contributed by atoms with Crippen molar-refractivity contribution in [1.29, 1.82) is 0 Å². The van der Waals surface area contributed by atoms with Crippen molar-refractivity contribution in [2.75, 3.05) is 12.4 Å². The monoisotopic (exact) mass is 302 g/mol. The first-order valence-corrected chi connectivity index (χ1v) is 7.82. The fourth-order valence-corrected chi connectivity index (χ4v) is 2.70. The molecule has 7 nitrogen and oxygen atoms in total. The Bertz CT molecular complexity index is 586. The van der Waals surface area contributed by atoms with Crippen molar-refractivity contribution in [3.8, 4) is 5.75 Å². The number of nitrogens with zero attached hydrogens (tertiary/aromatic N) is 1. The summed E-state index contributed by atoms with van der Waals surface area (Å²) in [7, 11) is -3.59. The average Bonchev–Trinajstić information content (AvgIpc) is 2.33. The molecule has 0 aromatic heterocycles. The highest BCUT2D eigenvalue weighted by Gasteiger charge is 2.19. The quantitative estimate of drug-likeness (QED) is 0.607. The number of hydrogen-bond donors (Lipinski definition) is 1. The molecule has 0 amide bonds. The zero-order valence-electron chi connectivity index (χ0n) is 11.4. The average molecular weight is 302 g/mol. The Kier molecular flexibility index (Phi) is 5.46. The SMILES string of the molecule is CCC(COc1ccc(C)cc1[N+](=O)[O-])CS(N)(=O)=O. The lowest BCUT2D eigenvalue weighted by atomic mass is 10.1. The predicted octanol–water partition coefficient (Wildman–Crippen LogP) is 1.60. The maximum absolute atomic E-state index is 11.0. The highest BCUT2D eigenvalue weighted by atomic mass is 32.2. The minimum absolute atomic E-state index is 0.0663. The lowest BCUT2D eigenvalue weighted by Gasteiger charge is -2.14. The van der Waals surface area contributed by atoms with Crippen molar-refractivity contribution < 1.29 is 18.1 Å². The van der Waals surface area contributed by atoms with E-state index in [9.17, 15) is 18.5 Å². The topological polar surface area (TPSA) is 113 Å². The Hall–Kier alpha value is -1.67. The Labute approximate surface area is 117 Å². The van der Waals surface area contributed by atoms with Gasteiger partial charge in [-0.2, -0.15) is 0 Å². The molecule has 0 saturated heterocycles. The summed E-state index contributed by atoms with van der Waals surface area (Å²) in [5.74, 6) is -0.372. The number of nitro benzene ring substituents is 1. The molecule has 2 N–H and O–H groups in total. The summed E-state index contributed by atoms with van der Waals surface area (Å²) >= 11 is 0. The normalized spacial score (nSPS) is 12.9. The van der Waals surface area contributed by atoms with E-state index < -0.39 is 14.9 Å². The summed E-state index contributed by atoms with van der Waals surface area (Å²) in [4.78, 5) is 10.4. The molecule has 0 bridgehead atoms. The number of nitro groups is 1. The Morgan fingerprint density at radius 1 is 1.45 bits per heavy atom. The molecule has 20 heavy (non-hydrogen) atoms. The molecule has 0 fully saturated rings. The van der Waals surface area contributed by atoms with Gasteiger partial charge in [0, 0.05) is 12.0 Å². The molecule has 1 aromatic carbocycles. The van der Waals surface area contributed by atoms with Crippen LogP contribution in [0.3, 0.4) is 0 Å². The first-order chi connectivity index (χ1) is 9.23. The molecule has 0 aliphatic rings. The van der Waals surface area contributed by atoms with Crippen LogP contribution in [0, 0.1) is 23.0 Å². The molecular weight excluding hydrogens is 284 g/mol. The van der Waals surface area contributed by atoms with Gasteiger partial charge in [-0.1, -0.05) is 13.0 Å². The van der Waals surface area contributed by atoms with Gasteiger partial charge in [0.05, 0.1) is 17.3 Å². The number of rotatable bonds is 7. The van der Waals surface area contributed by atoms with Crippen LogP contribution in [-0.2, 0) is 10.0 Å². The highest BCUT2D eigenvalue weighted by molar-refractivity contribution is 7.89. The van der Waals surface area contributed by atoms with Gasteiger partial charge in [-0.15, -0.1) is 0 Å². The van der Waals surface area contributed by atoms with Gasteiger partial charge in [0.1, 0.15) is 0 Å². The molecule has 0 spiro atoms. The second kappa shape index (κ2) is 6.67. The third-order valence-electron chi connectivity index (χ3n) is 2.83. The summed E-state index contributed by atoms with van der Waals surface area (Å²) < 4.78 is 27.5. The molecule has 1 aromatic rings. The number of hydrogen-bond acceptors (Lipinski definition) is 5. The van der Waals surface area contributed by atoms with Crippen molar-refractivity contribution in [3.63, 3.8) is 0 Å². The van der Waals surface area contributed by atoms with Gasteiger partial charge in [-0.25, -0.2) is 13.6 Å². The van der Waals surface area contributed by atoms with Crippen molar-refractivity contribution >= 4 is 15.7 Å². The molecule has 1 rings (SSSR count). The van der Waals surface area contributed by atoms with Gasteiger partial charge >= 0.3 is 5.69 Å². The lowest BCUT2D eigenvalue weighted by molar-refractivity contribution is -0.385. The summed E-state index contributed by atoms with van der Waals surface area (Å²) in [6, 6.07) is 4.62. The van der Waals surface area contributed by atoms with Crippen molar-refractivity contribution in [2.45, 2.75) is 20.3 Å². The Morgan fingerprint density at radius 2 is 2.10 bits per heavy atom. The van der Waals surface area contributed by atoms with E-state index in [4.69, 9.17) is 9.88 Å².